The Morgan fingerprint density at radius 3 is 2.49 bits per heavy atom. The summed E-state index contributed by atoms with van der Waals surface area (Å²) in [5, 5.41) is 11.9. The average Bonchev–Trinajstić information content (AvgIpc) is 3.68. The van der Waals surface area contributed by atoms with Crippen molar-refractivity contribution in [2.75, 3.05) is 13.7 Å². The minimum absolute atomic E-state index is 0.0799. The standard InChI is InChI=1S/C30H34BN3O4S/c1-28(2)29(3,4)38-31(37-28)22-16-20-19(15-24(22)36-6)10-13-33-23(17-21(26(20)33)25-9-7-14-39-25)27(35)34-12-8-11-30(34,5)18-32/h7,9,14-17H,8,10-13H2,1-6H3/t30-/m1/s1. The molecule has 7 nitrogen and oxygen atoms in total. The maximum absolute atomic E-state index is 14.0. The fourth-order valence-electron chi connectivity index (χ4n) is 6.04. The Labute approximate surface area is 234 Å². The lowest BCUT2D eigenvalue weighted by molar-refractivity contribution is 0.00578. The first-order valence-corrected chi connectivity index (χ1v) is 14.4. The Kier molecular flexibility index (Phi) is 6.03. The SMILES string of the molecule is COc1cc2c(cc1B1OC(C)(C)C(C)(C)O1)-c1c(-c3cccs3)cc(C(=O)N3CCC[C@]3(C)C#N)n1CC2. The summed E-state index contributed by atoms with van der Waals surface area (Å²) in [6.07, 6.45) is 2.29. The zero-order chi connectivity index (χ0) is 27.7. The number of methoxy groups -OCH3 is 1. The summed E-state index contributed by atoms with van der Waals surface area (Å²) in [6.45, 7) is 11.3. The molecule has 3 aliphatic heterocycles. The van der Waals surface area contributed by atoms with Crippen LogP contribution in [0.2, 0.25) is 0 Å². The fraction of sp³-hybridized carbons (Fsp3) is 0.467. The van der Waals surface area contributed by atoms with Crippen LogP contribution in [0.4, 0.5) is 0 Å². The number of benzene rings is 1. The molecule has 2 fully saturated rings. The highest BCUT2D eigenvalue weighted by molar-refractivity contribution is 7.13. The van der Waals surface area contributed by atoms with E-state index < -0.39 is 23.9 Å². The summed E-state index contributed by atoms with van der Waals surface area (Å²) >= 11 is 1.66. The third-order valence-electron chi connectivity index (χ3n) is 9.05. The molecule has 0 unspecified atom stereocenters. The lowest BCUT2D eigenvalue weighted by Crippen LogP contribution is -2.44. The summed E-state index contributed by atoms with van der Waals surface area (Å²) in [7, 11) is 1.10. The van der Waals surface area contributed by atoms with Gasteiger partial charge in [0.1, 0.15) is 17.0 Å². The molecule has 3 aliphatic rings. The molecule has 2 saturated heterocycles. The summed E-state index contributed by atoms with van der Waals surface area (Å²) in [6, 6.07) is 12.8. The Morgan fingerprint density at radius 2 is 1.85 bits per heavy atom. The molecule has 1 atom stereocenters. The van der Waals surface area contributed by atoms with Crippen LogP contribution in [0.5, 0.6) is 5.75 Å². The molecule has 39 heavy (non-hydrogen) atoms. The number of fused-ring (bicyclic) bond motifs is 3. The van der Waals surface area contributed by atoms with E-state index in [1.165, 1.54) is 0 Å². The lowest BCUT2D eigenvalue weighted by atomic mass is 9.75. The van der Waals surface area contributed by atoms with Gasteiger partial charge < -0.3 is 23.5 Å². The number of rotatable bonds is 4. The van der Waals surface area contributed by atoms with Gasteiger partial charge in [-0.15, -0.1) is 11.3 Å². The second-order valence-corrected chi connectivity index (χ2v) is 12.9. The molecular weight excluding hydrogens is 509 g/mol. The van der Waals surface area contributed by atoms with Gasteiger partial charge in [-0.25, -0.2) is 0 Å². The third-order valence-corrected chi connectivity index (χ3v) is 9.96. The molecule has 0 saturated carbocycles. The van der Waals surface area contributed by atoms with Crippen LogP contribution in [0.3, 0.4) is 0 Å². The Balaban J connectivity index is 1.52. The molecule has 0 bridgehead atoms. The minimum atomic E-state index is -0.783. The second-order valence-electron chi connectivity index (χ2n) is 12.0. The van der Waals surface area contributed by atoms with E-state index in [0.717, 1.165) is 51.3 Å². The van der Waals surface area contributed by atoms with Gasteiger partial charge >= 0.3 is 7.12 Å². The Morgan fingerprint density at radius 1 is 1.10 bits per heavy atom. The van der Waals surface area contributed by atoms with Gasteiger partial charge in [-0.3, -0.25) is 4.79 Å². The van der Waals surface area contributed by atoms with E-state index in [2.05, 4.69) is 34.2 Å². The van der Waals surface area contributed by atoms with Crippen LogP contribution < -0.4 is 10.2 Å². The number of ether oxygens (including phenoxy) is 1. The van der Waals surface area contributed by atoms with Crippen LogP contribution in [0.1, 0.15) is 63.5 Å². The van der Waals surface area contributed by atoms with Crippen molar-refractivity contribution < 1.29 is 18.8 Å². The zero-order valence-corrected chi connectivity index (χ0v) is 24.3. The van der Waals surface area contributed by atoms with Gasteiger partial charge in [-0.2, -0.15) is 5.26 Å². The van der Waals surface area contributed by atoms with Crippen LogP contribution in [0.15, 0.2) is 35.7 Å². The van der Waals surface area contributed by atoms with Gasteiger partial charge in [0, 0.05) is 34.6 Å². The first-order chi connectivity index (χ1) is 18.5. The van der Waals surface area contributed by atoms with Gasteiger partial charge in [-0.05, 0) is 89.1 Å². The predicted octanol–water partition coefficient (Wildman–Crippen LogP) is 5.27. The first kappa shape index (κ1) is 26.2. The van der Waals surface area contributed by atoms with E-state index in [4.69, 9.17) is 14.0 Å². The number of nitrogens with zero attached hydrogens (tertiary/aromatic N) is 3. The zero-order valence-electron chi connectivity index (χ0n) is 23.5. The van der Waals surface area contributed by atoms with E-state index in [0.29, 0.717) is 25.2 Å². The smallest absolute Gasteiger partial charge is 0.497 e. The maximum Gasteiger partial charge on any atom is 0.498 e. The van der Waals surface area contributed by atoms with Gasteiger partial charge in [0.25, 0.3) is 5.91 Å². The lowest BCUT2D eigenvalue weighted by Gasteiger charge is -2.32. The summed E-state index contributed by atoms with van der Waals surface area (Å²) in [4.78, 5) is 16.9. The van der Waals surface area contributed by atoms with Gasteiger partial charge in [0.2, 0.25) is 0 Å². The van der Waals surface area contributed by atoms with Crippen molar-refractivity contribution in [1.29, 1.82) is 5.26 Å². The van der Waals surface area contributed by atoms with Crippen molar-refractivity contribution in [2.24, 2.45) is 0 Å². The Bertz CT molecular complexity index is 1490. The van der Waals surface area contributed by atoms with Gasteiger partial charge in [-0.1, -0.05) is 6.07 Å². The molecule has 0 radical (unpaired) electrons. The number of hydrogen-bond acceptors (Lipinski definition) is 6. The van der Waals surface area contributed by atoms with Crippen LogP contribution in [0, 0.1) is 11.3 Å². The molecule has 0 aliphatic carbocycles. The monoisotopic (exact) mass is 543 g/mol. The van der Waals surface area contributed by atoms with E-state index >= 15 is 0 Å². The topological polar surface area (TPSA) is 76.7 Å². The molecule has 9 heteroatoms. The molecule has 6 rings (SSSR count). The molecular formula is C30H34BN3O4S. The van der Waals surface area contributed by atoms with Crippen molar-refractivity contribution >= 4 is 29.8 Å². The third kappa shape index (κ3) is 3.95. The molecule has 202 valence electrons. The summed E-state index contributed by atoms with van der Waals surface area (Å²) in [5.41, 5.74) is 3.98. The molecule has 3 aromatic rings. The first-order valence-electron chi connectivity index (χ1n) is 13.6. The number of hydrogen-bond donors (Lipinski definition) is 0. The van der Waals surface area contributed by atoms with Crippen molar-refractivity contribution in [1.82, 2.24) is 9.47 Å². The average molecular weight is 543 g/mol. The molecule has 0 N–H and O–H groups in total. The van der Waals surface area contributed by atoms with Crippen molar-refractivity contribution in [3.8, 4) is 33.5 Å². The van der Waals surface area contributed by atoms with Crippen molar-refractivity contribution in [3.05, 3.63) is 47.0 Å². The van der Waals surface area contributed by atoms with E-state index in [1.807, 2.05) is 46.8 Å². The number of carbonyl (C=O) groups is 1. The number of thiophene rings is 1. The van der Waals surface area contributed by atoms with E-state index in [-0.39, 0.29) is 5.91 Å². The summed E-state index contributed by atoms with van der Waals surface area (Å²) < 4.78 is 20.8. The number of carbonyl (C=O) groups excluding carboxylic acids is 1. The fourth-order valence-corrected chi connectivity index (χ4v) is 6.78. The predicted molar refractivity (Wildman–Crippen MR) is 153 cm³/mol. The minimum Gasteiger partial charge on any atom is -0.497 e. The normalized spacial score (nSPS) is 22.9. The van der Waals surface area contributed by atoms with Crippen molar-refractivity contribution in [2.45, 2.75) is 77.2 Å². The molecule has 1 amide bonds. The van der Waals surface area contributed by atoms with Gasteiger partial charge in [0.05, 0.1) is 30.1 Å². The summed E-state index contributed by atoms with van der Waals surface area (Å²) in [5.74, 6) is 0.659. The largest absolute Gasteiger partial charge is 0.498 e. The van der Waals surface area contributed by atoms with Crippen LogP contribution in [0.25, 0.3) is 21.7 Å². The maximum atomic E-state index is 14.0. The van der Waals surface area contributed by atoms with Gasteiger partial charge in [0.15, 0.2) is 0 Å². The second kappa shape index (κ2) is 8.98. The number of aryl methyl sites for hydroxylation is 1. The number of amides is 1. The molecule has 0 spiro atoms. The molecule has 2 aromatic heterocycles. The van der Waals surface area contributed by atoms with E-state index in [1.54, 1.807) is 23.3 Å². The van der Waals surface area contributed by atoms with Crippen molar-refractivity contribution in [3.63, 3.8) is 0 Å². The number of likely N-dealkylation sites (tertiary alicyclic amines) is 1. The number of nitriles is 1. The highest BCUT2D eigenvalue weighted by Crippen LogP contribution is 2.44. The van der Waals surface area contributed by atoms with Crippen LogP contribution in [-0.4, -0.2) is 52.9 Å². The van der Waals surface area contributed by atoms with E-state index in [9.17, 15) is 10.1 Å². The number of aromatic nitrogens is 1. The van der Waals surface area contributed by atoms with Crippen LogP contribution in [-0.2, 0) is 22.3 Å². The highest BCUT2D eigenvalue weighted by atomic mass is 32.1. The molecule has 1 aromatic carbocycles. The Hall–Kier alpha value is -3.06. The van der Waals surface area contributed by atoms with Crippen LogP contribution >= 0.6 is 11.3 Å². The molecule has 5 heterocycles. The quantitative estimate of drug-likeness (QED) is 0.420. The highest BCUT2D eigenvalue weighted by Gasteiger charge is 2.53.